The maximum Gasteiger partial charge on any atom is 0.277 e. The predicted molar refractivity (Wildman–Crippen MR) is 94.5 cm³/mol. The molecule has 4 rings (SSSR count). The third kappa shape index (κ3) is 2.86. The molecular formula is C19H22N4O. The number of aromatic nitrogens is 2. The van der Waals surface area contributed by atoms with Crippen LogP contribution in [-0.4, -0.2) is 35.5 Å². The summed E-state index contributed by atoms with van der Waals surface area (Å²) in [7, 11) is 0. The molecule has 0 N–H and O–H groups in total. The van der Waals surface area contributed by atoms with Gasteiger partial charge in [-0.05, 0) is 49.8 Å². The Morgan fingerprint density at radius 2 is 1.79 bits per heavy atom. The summed E-state index contributed by atoms with van der Waals surface area (Å²) >= 11 is 0. The van der Waals surface area contributed by atoms with E-state index in [1.165, 1.54) is 24.8 Å². The second-order valence-electron chi connectivity index (χ2n) is 6.48. The number of aryl methyl sites for hydroxylation is 1. The van der Waals surface area contributed by atoms with Crippen LogP contribution in [0.3, 0.4) is 0 Å². The number of nitrogens with zero attached hydrogens (tertiary/aromatic N) is 4. The highest BCUT2D eigenvalue weighted by Gasteiger charge is 2.25. The Morgan fingerprint density at radius 3 is 2.67 bits per heavy atom. The lowest BCUT2D eigenvalue weighted by Crippen LogP contribution is -2.36. The highest BCUT2D eigenvalue weighted by Crippen LogP contribution is 2.28. The number of carbonyl (C=O) groups is 1. The van der Waals surface area contributed by atoms with Crippen molar-refractivity contribution < 1.29 is 4.79 Å². The van der Waals surface area contributed by atoms with E-state index in [4.69, 9.17) is 0 Å². The highest BCUT2D eigenvalue weighted by molar-refractivity contribution is 6.05. The van der Waals surface area contributed by atoms with E-state index in [1.807, 2.05) is 23.1 Å². The van der Waals surface area contributed by atoms with E-state index in [0.29, 0.717) is 11.6 Å². The van der Waals surface area contributed by atoms with Crippen LogP contribution in [0.15, 0.2) is 36.5 Å². The van der Waals surface area contributed by atoms with Crippen molar-refractivity contribution in [3.8, 4) is 0 Å². The van der Waals surface area contributed by atoms with Gasteiger partial charge in [0, 0.05) is 31.5 Å². The van der Waals surface area contributed by atoms with Gasteiger partial charge in [-0.15, -0.1) is 0 Å². The molecule has 124 valence electrons. The zero-order valence-electron chi connectivity index (χ0n) is 13.8. The molecule has 1 amide bonds. The van der Waals surface area contributed by atoms with Gasteiger partial charge in [0.2, 0.25) is 5.95 Å². The lowest BCUT2D eigenvalue weighted by Gasteiger charge is -2.30. The average Bonchev–Trinajstić information content (AvgIpc) is 2.68. The molecule has 5 nitrogen and oxygen atoms in total. The Hall–Kier alpha value is -2.43. The van der Waals surface area contributed by atoms with Crippen LogP contribution in [0.1, 0.15) is 41.7 Å². The summed E-state index contributed by atoms with van der Waals surface area (Å²) in [5.74, 6) is 0.661. The van der Waals surface area contributed by atoms with E-state index in [-0.39, 0.29) is 5.91 Å². The van der Waals surface area contributed by atoms with Crippen LogP contribution < -0.4 is 9.80 Å². The summed E-state index contributed by atoms with van der Waals surface area (Å²) in [5, 5.41) is 0. The molecule has 0 unspecified atom stereocenters. The first-order valence-corrected chi connectivity index (χ1v) is 8.81. The number of hydrogen-bond donors (Lipinski definition) is 0. The standard InChI is InChI=1S/C19H22N4O/c24-18(23-14-6-8-15-7-2-3-9-17(15)23)16-10-11-20-19(21-16)22-12-4-1-5-13-22/h2-3,7,9-11H,1,4-6,8,12-14H2. The molecule has 0 atom stereocenters. The van der Waals surface area contributed by atoms with E-state index in [9.17, 15) is 4.79 Å². The average molecular weight is 322 g/mol. The first-order valence-electron chi connectivity index (χ1n) is 8.81. The fourth-order valence-corrected chi connectivity index (χ4v) is 3.60. The normalized spacial score (nSPS) is 17.5. The molecule has 1 saturated heterocycles. The Kier molecular flexibility index (Phi) is 4.15. The number of anilines is 2. The minimum absolute atomic E-state index is 0.0252. The van der Waals surface area contributed by atoms with Crippen LogP contribution in [0.5, 0.6) is 0 Å². The zero-order valence-corrected chi connectivity index (χ0v) is 13.8. The number of hydrogen-bond acceptors (Lipinski definition) is 4. The molecule has 3 heterocycles. The molecule has 0 radical (unpaired) electrons. The molecule has 0 spiro atoms. The summed E-state index contributed by atoms with van der Waals surface area (Å²) < 4.78 is 0. The Balaban J connectivity index is 1.61. The SMILES string of the molecule is O=C(c1ccnc(N2CCCCC2)n1)N1CCCc2ccccc21. The molecule has 1 aromatic carbocycles. The Labute approximate surface area is 142 Å². The largest absolute Gasteiger partial charge is 0.341 e. The van der Waals surface area contributed by atoms with E-state index < -0.39 is 0 Å². The summed E-state index contributed by atoms with van der Waals surface area (Å²) in [5.41, 5.74) is 2.75. The predicted octanol–water partition coefficient (Wildman–Crippen LogP) is 3.06. The van der Waals surface area contributed by atoms with Crippen molar-refractivity contribution in [1.82, 2.24) is 9.97 Å². The second kappa shape index (κ2) is 6.59. The number of para-hydroxylation sites is 1. The minimum Gasteiger partial charge on any atom is -0.341 e. The fourth-order valence-electron chi connectivity index (χ4n) is 3.60. The molecule has 1 aromatic heterocycles. The number of benzene rings is 1. The summed E-state index contributed by atoms with van der Waals surface area (Å²) in [6, 6.07) is 9.88. The Morgan fingerprint density at radius 1 is 0.958 bits per heavy atom. The van der Waals surface area contributed by atoms with Gasteiger partial charge in [0.1, 0.15) is 5.69 Å². The molecule has 5 heteroatoms. The van der Waals surface area contributed by atoms with Gasteiger partial charge in [0.25, 0.3) is 5.91 Å². The molecule has 0 aliphatic carbocycles. The van der Waals surface area contributed by atoms with Gasteiger partial charge >= 0.3 is 0 Å². The van der Waals surface area contributed by atoms with Crippen LogP contribution in [0.2, 0.25) is 0 Å². The topological polar surface area (TPSA) is 49.3 Å². The molecule has 2 aliphatic heterocycles. The lowest BCUT2D eigenvalue weighted by atomic mass is 10.0. The second-order valence-corrected chi connectivity index (χ2v) is 6.48. The van der Waals surface area contributed by atoms with Crippen molar-refractivity contribution in [3.63, 3.8) is 0 Å². The van der Waals surface area contributed by atoms with Gasteiger partial charge in [-0.1, -0.05) is 18.2 Å². The summed E-state index contributed by atoms with van der Waals surface area (Å²) in [6.45, 7) is 2.70. The van der Waals surface area contributed by atoms with Gasteiger partial charge in [-0.3, -0.25) is 4.79 Å². The maximum atomic E-state index is 13.0. The number of piperidine rings is 1. The molecule has 0 bridgehead atoms. The Bertz CT molecular complexity index is 740. The molecule has 0 saturated carbocycles. The van der Waals surface area contributed by atoms with E-state index in [1.54, 1.807) is 12.3 Å². The zero-order chi connectivity index (χ0) is 16.4. The van der Waals surface area contributed by atoms with Crippen LogP contribution in [0.25, 0.3) is 0 Å². The van der Waals surface area contributed by atoms with Gasteiger partial charge in [-0.25, -0.2) is 9.97 Å². The van der Waals surface area contributed by atoms with Gasteiger partial charge in [-0.2, -0.15) is 0 Å². The van der Waals surface area contributed by atoms with Gasteiger partial charge in [0.15, 0.2) is 0 Å². The van der Waals surface area contributed by atoms with Gasteiger partial charge < -0.3 is 9.80 Å². The number of fused-ring (bicyclic) bond motifs is 1. The third-order valence-electron chi connectivity index (χ3n) is 4.86. The summed E-state index contributed by atoms with van der Waals surface area (Å²) in [6.07, 6.45) is 7.33. The first-order chi connectivity index (χ1) is 11.8. The van der Waals surface area contributed by atoms with E-state index >= 15 is 0 Å². The number of amides is 1. The fraction of sp³-hybridized carbons (Fsp3) is 0.421. The van der Waals surface area contributed by atoms with Crippen molar-refractivity contribution in [3.05, 3.63) is 47.8 Å². The highest BCUT2D eigenvalue weighted by atomic mass is 16.2. The van der Waals surface area contributed by atoms with Crippen LogP contribution in [-0.2, 0) is 6.42 Å². The lowest BCUT2D eigenvalue weighted by molar-refractivity contribution is 0.0980. The van der Waals surface area contributed by atoms with Crippen molar-refractivity contribution >= 4 is 17.5 Å². The van der Waals surface area contributed by atoms with Crippen LogP contribution in [0.4, 0.5) is 11.6 Å². The number of carbonyl (C=O) groups excluding carboxylic acids is 1. The van der Waals surface area contributed by atoms with Crippen molar-refractivity contribution in [2.45, 2.75) is 32.1 Å². The monoisotopic (exact) mass is 322 g/mol. The van der Waals surface area contributed by atoms with E-state index in [2.05, 4.69) is 20.9 Å². The maximum absolute atomic E-state index is 13.0. The molecule has 2 aliphatic rings. The van der Waals surface area contributed by atoms with Crippen LogP contribution in [0, 0.1) is 0 Å². The molecule has 2 aromatic rings. The summed E-state index contributed by atoms with van der Waals surface area (Å²) in [4.78, 5) is 26.0. The van der Waals surface area contributed by atoms with Crippen molar-refractivity contribution in [2.24, 2.45) is 0 Å². The van der Waals surface area contributed by atoms with Crippen molar-refractivity contribution in [1.29, 1.82) is 0 Å². The smallest absolute Gasteiger partial charge is 0.277 e. The van der Waals surface area contributed by atoms with Crippen LogP contribution >= 0.6 is 0 Å². The van der Waals surface area contributed by atoms with E-state index in [0.717, 1.165) is 38.2 Å². The minimum atomic E-state index is -0.0252. The molecule has 24 heavy (non-hydrogen) atoms. The molecular weight excluding hydrogens is 300 g/mol. The quantitative estimate of drug-likeness (QED) is 0.852. The first kappa shape index (κ1) is 15.1. The third-order valence-corrected chi connectivity index (χ3v) is 4.86. The van der Waals surface area contributed by atoms with Crippen molar-refractivity contribution in [2.75, 3.05) is 29.4 Å². The number of rotatable bonds is 2. The van der Waals surface area contributed by atoms with Gasteiger partial charge in [0.05, 0.1) is 0 Å². The molecule has 1 fully saturated rings.